The first kappa shape index (κ1) is 13.0. The molecule has 0 aliphatic carbocycles. The number of methoxy groups -OCH3 is 1. The first-order valence-electron chi connectivity index (χ1n) is 5.54. The summed E-state index contributed by atoms with van der Waals surface area (Å²) in [6.45, 7) is 6.23. The minimum absolute atomic E-state index is 0.102. The Morgan fingerprint density at radius 2 is 1.94 bits per heavy atom. The lowest BCUT2D eigenvalue weighted by Gasteiger charge is -2.20. The third-order valence-corrected chi connectivity index (χ3v) is 3.14. The predicted octanol–water partition coefficient (Wildman–Crippen LogP) is 2.00. The van der Waals surface area contributed by atoms with Crippen molar-refractivity contribution in [2.45, 2.75) is 33.2 Å². The molecule has 0 fully saturated rings. The van der Waals surface area contributed by atoms with Crippen molar-refractivity contribution in [1.82, 2.24) is 0 Å². The standard InChI is InChI=1S/C13H21NO2/c1-8-7-12(16-4)9(2)10(3)13(8)11(14)5-6-15/h7,11,15H,5-6,14H2,1-4H3. The van der Waals surface area contributed by atoms with E-state index in [2.05, 4.69) is 6.92 Å². The molecule has 3 nitrogen and oxygen atoms in total. The van der Waals surface area contributed by atoms with Crippen molar-refractivity contribution in [3.63, 3.8) is 0 Å². The normalized spacial score (nSPS) is 12.6. The van der Waals surface area contributed by atoms with Gasteiger partial charge in [-0.3, -0.25) is 0 Å². The SMILES string of the molecule is COc1cc(C)c(C(N)CCO)c(C)c1C. The summed E-state index contributed by atoms with van der Waals surface area (Å²) in [4.78, 5) is 0. The smallest absolute Gasteiger partial charge is 0.122 e. The Labute approximate surface area is 97.2 Å². The lowest BCUT2D eigenvalue weighted by Crippen LogP contribution is -2.15. The molecule has 3 heteroatoms. The second-order valence-corrected chi connectivity index (χ2v) is 4.18. The summed E-state index contributed by atoms with van der Waals surface area (Å²) >= 11 is 0. The molecule has 0 spiro atoms. The van der Waals surface area contributed by atoms with E-state index >= 15 is 0 Å². The Morgan fingerprint density at radius 1 is 1.31 bits per heavy atom. The van der Waals surface area contributed by atoms with E-state index in [0.29, 0.717) is 6.42 Å². The molecular formula is C13H21NO2. The lowest BCUT2D eigenvalue weighted by atomic mass is 9.91. The molecule has 0 amide bonds. The Balaban J connectivity index is 3.24. The molecule has 0 heterocycles. The summed E-state index contributed by atoms with van der Waals surface area (Å²) in [5.41, 5.74) is 10.6. The van der Waals surface area contributed by atoms with Crippen molar-refractivity contribution >= 4 is 0 Å². The van der Waals surface area contributed by atoms with Gasteiger partial charge < -0.3 is 15.6 Å². The van der Waals surface area contributed by atoms with Crippen LogP contribution in [0.5, 0.6) is 5.75 Å². The number of aliphatic hydroxyl groups excluding tert-OH is 1. The quantitative estimate of drug-likeness (QED) is 0.821. The molecule has 0 bridgehead atoms. The number of benzene rings is 1. The summed E-state index contributed by atoms with van der Waals surface area (Å²) < 4.78 is 5.31. The van der Waals surface area contributed by atoms with Crippen molar-refractivity contribution in [2.75, 3.05) is 13.7 Å². The van der Waals surface area contributed by atoms with E-state index in [1.165, 1.54) is 0 Å². The number of ether oxygens (including phenoxy) is 1. The zero-order valence-electron chi connectivity index (χ0n) is 10.5. The van der Waals surface area contributed by atoms with Crippen molar-refractivity contribution in [1.29, 1.82) is 0 Å². The second kappa shape index (κ2) is 5.32. The van der Waals surface area contributed by atoms with Gasteiger partial charge in [0.05, 0.1) is 7.11 Å². The Morgan fingerprint density at radius 3 is 2.44 bits per heavy atom. The highest BCUT2D eigenvalue weighted by molar-refractivity contribution is 5.49. The molecule has 0 aliphatic rings. The molecule has 16 heavy (non-hydrogen) atoms. The fraction of sp³-hybridized carbons (Fsp3) is 0.538. The fourth-order valence-corrected chi connectivity index (χ4v) is 2.13. The molecule has 0 radical (unpaired) electrons. The van der Waals surface area contributed by atoms with Crippen molar-refractivity contribution in [2.24, 2.45) is 5.73 Å². The first-order valence-corrected chi connectivity index (χ1v) is 5.54. The molecule has 0 aromatic heterocycles. The van der Waals surface area contributed by atoms with E-state index in [0.717, 1.165) is 28.0 Å². The molecule has 3 N–H and O–H groups in total. The summed E-state index contributed by atoms with van der Waals surface area (Å²) in [5.74, 6) is 0.898. The molecule has 0 saturated heterocycles. The maximum Gasteiger partial charge on any atom is 0.122 e. The Hall–Kier alpha value is -1.06. The van der Waals surface area contributed by atoms with E-state index in [1.807, 2.05) is 19.9 Å². The number of hydrogen-bond acceptors (Lipinski definition) is 3. The fourth-order valence-electron chi connectivity index (χ4n) is 2.13. The van der Waals surface area contributed by atoms with Crippen LogP contribution in [0.15, 0.2) is 6.07 Å². The van der Waals surface area contributed by atoms with Gasteiger partial charge in [0.15, 0.2) is 0 Å². The van der Waals surface area contributed by atoms with Crippen LogP contribution in [0, 0.1) is 20.8 Å². The van der Waals surface area contributed by atoms with Crippen LogP contribution in [-0.4, -0.2) is 18.8 Å². The van der Waals surface area contributed by atoms with Crippen LogP contribution in [0.25, 0.3) is 0 Å². The highest BCUT2D eigenvalue weighted by Crippen LogP contribution is 2.31. The number of aryl methyl sites for hydroxylation is 1. The summed E-state index contributed by atoms with van der Waals surface area (Å²) in [5, 5.41) is 8.95. The third-order valence-electron chi connectivity index (χ3n) is 3.14. The van der Waals surface area contributed by atoms with Gasteiger partial charge in [-0.15, -0.1) is 0 Å². The van der Waals surface area contributed by atoms with Crippen molar-refractivity contribution in [3.8, 4) is 5.75 Å². The van der Waals surface area contributed by atoms with Crippen LogP contribution in [0.1, 0.15) is 34.7 Å². The molecule has 1 aromatic rings. The van der Waals surface area contributed by atoms with Gasteiger partial charge in [-0.2, -0.15) is 0 Å². The third kappa shape index (κ3) is 2.36. The van der Waals surface area contributed by atoms with E-state index < -0.39 is 0 Å². The largest absolute Gasteiger partial charge is 0.496 e. The molecular weight excluding hydrogens is 202 g/mol. The average molecular weight is 223 g/mol. The molecule has 1 rings (SSSR count). The van der Waals surface area contributed by atoms with Gasteiger partial charge in [-0.1, -0.05) is 0 Å². The van der Waals surface area contributed by atoms with Gasteiger partial charge in [-0.25, -0.2) is 0 Å². The number of aliphatic hydroxyl groups is 1. The molecule has 1 aromatic carbocycles. The second-order valence-electron chi connectivity index (χ2n) is 4.18. The average Bonchev–Trinajstić information content (AvgIpc) is 2.24. The minimum atomic E-state index is -0.102. The predicted molar refractivity (Wildman–Crippen MR) is 65.8 cm³/mol. The van der Waals surface area contributed by atoms with E-state index in [1.54, 1.807) is 7.11 Å². The monoisotopic (exact) mass is 223 g/mol. The van der Waals surface area contributed by atoms with Gasteiger partial charge in [0.25, 0.3) is 0 Å². The van der Waals surface area contributed by atoms with Gasteiger partial charge in [0.1, 0.15) is 5.75 Å². The molecule has 1 atom stereocenters. The summed E-state index contributed by atoms with van der Waals surface area (Å²) in [6.07, 6.45) is 0.591. The Kier molecular flexibility index (Phi) is 4.33. The molecule has 1 unspecified atom stereocenters. The van der Waals surface area contributed by atoms with Gasteiger partial charge in [-0.05, 0) is 55.5 Å². The van der Waals surface area contributed by atoms with E-state index in [4.69, 9.17) is 15.6 Å². The van der Waals surface area contributed by atoms with Gasteiger partial charge >= 0.3 is 0 Å². The first-order chi connectivity index (χ1) is 7.52. The van der Waals surface area contributed by atoms with Crippen LogP contribution in [0.4, 0.5) is 0 Å². The van der Waals surface area contributed by atoms with Crippen LogP contribution in [0.3, 0.4) is 0 Å². The zero-order valence-corrected chi connectivity index (χ0v) is 10.5. The number of nitrogens with two attached hydrogens (primary N) is 1. The van der Waals surface area contributed by atoms with Crippen molar-refractivity contribution in [3.05, 3.63) is 28.3 Å². The lowest BCUT2D eigenvalue weighted by molar-refractivity contribution is 0.276. The summed E-state index contributed by atoms with van der Waals surface area (Å²) in [7, 11) is 1.68. The zero-order chi connectivity index (χ0) is 12.3. The van der Waals surface area contributed by atoms with Crippen molar-refractivity contribution < 1.29 is 9.84 Å². The van der Waals surface area contributed by atoms with Crippen LogP contribution in [-0.2, 0) is 0 Å². The molecule has 0 saturated carbocycles. The van der Waals surface area contributed by atoms with Crippen LogP contribution >= 0.6 is 0 Å². The maximum absolute atomic E-state index is 8.95. The minimum Gasteiger partial charge on any atom is -0.496 e. The molecule has 0 aliphatic heterocycles. The molecule has 90 valence electrons. The Bertz CT molecular complexity index is 375. The number of hydrogen-bond donors (Lipinski definition) is 2. The van der Waals surface area contributed by atoms with Gasteiger partial charge in [0.2, 0.25) is 0 Å². The van der Waals surface area contributed by atoms with Gasteiger partial charge in [0, 0.05) is 12.6 Å². The summed E-state index contributed by atoms with van der Waals surface area (Å²) in [6, 6.07) is 1.91. The van der Waals surface area contributed by atoms with E-state index in [-0.39, 0.29) is 12.6 Å². The van der Waals surface area contributed by atoms with E-state index in [9.17, 15) is 0 Å². The van der Waals surface area contributed by atoms with Crippen LogP contribution < -0.4 is 10.5 Å². The van der Waals surface area contributed by atoms with Crippen LogP contribution in [0.2, 0.25) is 0 Å². The highest BCUT2D eigenvalue weighted by atomic mass is 16.5. The number of rotatable bonds is 4. The maximum atomic E-state index is 8.95. The highest BCUT2D eigenvalue weighted by Gasteiger charge is 2.15. The topological polar surface area (TPSA) is 55.5 Å².